The maximum Gasteiger partial charge on any atom is 0.257 e. The van der Waals surface area contributed by atoms with Gasteiger partial charge in [-0.1, -0.05) is 31.2 Å². The SMILES string of the molecule is CCCS(=O)(=O)c1ccccc1C(=O)Nc1ccccc1C(N)=O. The molecule has 0 fully saturated rings. The zero-order valence-electron chi connectivity index (χ0n) is 13.2. The fourth-order valence-electron chi connectivity index (χ4n) is 2.30. The summed E-state index contributed by atoms with van der Waals surface area (Å²) in [6, 6.07) is 12.3. The van der Waals surface area contributed by atoms with E-state index in [1.807, 2.05) is 0 Å². The number of sulfone groups is 1. The second-order valence-electron chi connectivity index (χ2n) is 5.18. The van der Waals surface area contributed by atoms with E-state index in [4.69, 9.17) is 5.73 Å². The standard InChI is InChI=1S/C17H18N2O4S/c1-2-11-24(22,23)15-10-6-4-8-13(15)17(21)19-14-9-5-3-7-12(14)16(18)20/h3-10H,2,11H2,1H3,(H2,18,20)(H,19,21). The number of nitrogens with two attached hydrogens (primary N) is 1. The Balaban J connectivity index is 2.41. The molecular formula is C17H18N2O4S. The summed E-state index contributed by atoms with van der Waals surface area (Å²) in [5.74, 6) is -1.34. The molecule has 6 nitrogen and oxygen atoms in total. The van der Waals surface area contributed by atoms with E-state index in [1.165, 1.54) is 24.3 Å². The first kappa shape index (κ1) is 17.7. The fraction of sp³-hybridized carbons (Fsp3) is 0.176. The highest BCUT2D eigenvalue weighted by Crippen LogP contribution is 2.21. The zero-order valence-corrected chi connectivity index (χ0v) is 14.0. The minimum Gasteiger partial charge on any atom is -0.366 e. The van der Waals surface area contributed by atoms with Gasteiger partial charge >= 0.3 is 0 Å². The van der Waals surface area contributed by atoms with Gasteiger partial charge in [-0.15, -0.1) is 0 Å². The smallest absolute Gasteiger partial charge is 0.257 e. The van der Waals surface area contributed by atoms with Crippen molar-refractivity contribution in [3.05, 3.63) is 59.7 Å². The van der Waals surface area contributed by atoms with Crippen molar-refractivity contribution in [3.8, 4) is 0 Å². The van der Waals surface area contributed by atoms with Gasteiger partial charge in [0.15, 0.2) is 9.84 Å². The van der Waals surface area contributed by atoms with Crippen LogP contribution in [0.15, 0.2) is 53.4 Å². The van der Waals surface area contributed by atoms with Crippen LogP contribution in [0.4, 0.5) is 5.69 Å². The van der Waals surface area contributed by atoms with Crippen molar-refractivity contribution in [3.63, 3.8) is 0 Å². The number of hydrogen-bond acceptors (Lipinski definition) is 4. The van der Waals surface area contributed by atoms with Gasteiger partial charge in [-0.05, 0) is 30.7 Å². The van der Waals surface area contributed by atoms with E-state index in [1.54, 1.807) is 31.2 Å². The van der Waals surface area contributed by atoms with Gasteiger partial charge in [0.05, 0.1) is 27.5 Å². The Morgan fingerprint density at radius 3 is 2.21 bits per heavy atom. The Bertz CT molecular complexity index is 876. The van der Waals surface area contributed by atoms with Crippen LogP contribution < -0.4 is 11.1 Å². The third kappa shape index (κ3) is 3.80. The van der Waals surface area contributed by atoms with Crippen LogP contribution in [0.2, 0.25) is 0 Å². The van der Waals surface area contributed by atoms with Crippen molar-refractivity contribution in [1.29, 1.82) is 0 Å². The molecule has 2 amide bonds. The van der Waals surface area contributed by atoms with Crippen LogP contribution in [0.1, 0.15) is 34.1 Å². The molecule has 0 aliphatic rings. The van der Waals surface area contributed by atoms with Crippen LogP contribution in [-0.2, 0) is 9.84 Å². The average molecular weight is 346 g/mol. The summed E-state index contributed by atoms with van der Waals surface area (Å²) >= 11 is 0. The summed E-state index contributed by atoms with van der Waals surface area (Å²) < 4.78 is 24.7. The zero-order chi connectivity index (χ0) is 17.7. The predicted molar refractivity (Wildman–Crippen MR) is 91.7 cm³/mol. The molecule has 7 heteroatoms. The first-order valence-electron chi connectivity index (χ1n) is 7.38. The summed E-state index contributed by atoms with van der Waals surface area (Å²) in [4.78, 5) is 23.9. The number of benzene rings is 2. The lowest BCUT2D eigenvalue weighted by Gasteiger charge is -2.12. The first-order chi connectivity index (χ1) is 11.4. The molecule has 2 aromatic carbocycles. The second kappa shape index (κ2) is 7.27. The minimum absolute atomic E-state index is 0.0269. The molecule has 0 heterocycles. The van der Waals surface area contributed by atoms with Gasteiger partial charge < -0.3 is 11.1 Å². The lowest BCUT2D eigenvalue weighted by atomic mass is 10.1. The maximum absolute atomic E-state index is 12.5. The summed E-state index contributed by atoms with van der Waals surface area (Å²) in [5, 5.41) is 2.56. The molecule has 0 saturated carbocycles. The van der Waals surface area contributed by atoms with Gasteiger partial charge in [0, 0.05) is 0 Å². The average Bonchev–Trinajstić information content (AvgIpc) is 2.55. The Kier molecular flexibility index (Phi) is 5.35. The molecule has 2 aromatic rings. The predicted octanol–water partition coefficient (Wildman–Crippen LogP) is 2.22. The van der Waals surface area contributed by atoms with Crippen LogP contribution in [0.25, 0.3) is 0 Å². The number of nitrogens with one attached hydrogen (secondary N) is 1. The van der Waals surface area contributed by atoms with Crippen LogP contribution in [0.3, 0.4) is 0 Å². The van der Waals surface area contributed by atoms with Gasteiger partial charge in [-0.25, -0.2) is 8.42 Å². The molecule has 0 unspecified atom stereocenters. The first-order valence-corrected chi connectivity index (χ1v) is 9.04. The number of para-hydroxylation sites is 1. The van der Waals surface area contributed by atoms with Crippen molar-refractivity contribution in [2.75, 3.05) is 11.1 Å². The molecule has 0 saturated heterocycles. The summed E-state index contributed by atoms with van der Waals surface area (Å²) in [6.07, 6.45) is 0.447. The van der Waals surface area contributed by atoms with Crippen molar-refractivity contribution >= 4 is 27.3 Å². The number of rotatable bonds is 6. The van der Waals surface area contributed by atoms with Crippen LogP contribution in [0.5, 0.6) is 0 Å². The number of carbonyl (C=O) groups excluding carboxylic acids is 2. The number of amides is 2. The molecule has 2 rings (SSSR count). The van der Waals surface area contributed by atoms with Gasteiger partial charge in [-0.2, -0.15) is 0 Å². The minimum atomic E-state index is -3.56. The van der Waals surface area contributed by atoms with Gasteiger partial charge in [0.25, 0.3) is 11.8 Å². The topological polar surface area (TPSA) is 106 Å². The molecule has 0 aromatic heterocycles. The monoisotopic (exact) mass is 346 g/mol. The molecule has 0 bridgehead atoms. The fourth-order valence-corrected chi connectivity index (χ4v) is 3.84. The Labute approximate surface area is 140 Å². The number of hydrogen-bond donors (Lipinski definition) is 2. The third-order valence-corrected chi connectivity index (χ3v) is 5.35. The van der Waals surface area contributed by atoms with Crippen molar-refractivity contribution in [1.82, 2.24) is 0 Å². The number of carbonyl (C=O) groups is 2. The normalized spacial score (nSPS) is 11.0. The molecule has 0 aliphatic carbocycles. The van der Waals surface area contributed by atoms with Crippen LogP contribution in [0, 0.1) is 0 Å². The second-order valence-corrected chi connectivity index (χ2v) is 7.26. The molecule has 0 spiro atoms. The van der Waals surface area contributed by atoms with Crippen molar-refractivity contribution < 1.29 is 18.0 Å². The molecular weight excluding hydrogens is 328 g/mol. The van der Waals surface area contributed by atoms with Crippen LogP contribution in [-0.4, -0.2) is 26.0 Å². The van der Waals surface area contributed by atoms with Gasteiger partial charge in [0.2, 0.25) is 0 Å². The van der Waals surface area contributed by atoms with E-state index in [0.29, 0.717) is 6.42 Å². The lowest BCUT2D eigenvalue weighted by Crippen LogP contribution is -2.20. The molecule has 0 aliphatic heterocycles. The van der Waals surface area contributed by atoms with Crippen LogP contribution >= 0.6 is 0 Å². The van der Waals surface area contributed by atoms with Gasteiger partial charge in [0.1, 0.15) is 0 Å². The Morgan fingerprint density at radius 1 is 1.00 bits per heavy atom. The van der Waals surface area contributed by atoms with Crippen molar-refractivity contribution in [2.24, 2.45) is 5.73 Å². The number of anilines is 1. The quantitative estimate of drug-likeness (QED) is 0.836. The molecule has 0 radical (unpaired) electrons. The third-order valence-electron chi connectivity index (χ3n) is 3.38. The van der Waals surface area contributed by atoms with E-state index >= 15 is 0 Å². The molecule has 126 valence electrons. The maximum atomic E-state index is 12.5. The Morgan fingerprint density at radius 2 is 1.58 bits per heavy atom. The Hall–Kier alpha value is -2.67. The molecule has 24 heavy (non-hydrogen) atoms. The molecule has 3 N–H and O–H groups in total. The van der Waals surface area contributed by atoms with E-state index in [0.717, 1.165) is 0 Å². The highest BCUT2D eigenvalue weighted by atomic mass is 32.2. The summed E-state index contributed by atoms with van der Waals surface area (Å²) in [7, 11) is -3.56. The van der Waals surface area contributed by atoms with Gasteiger partial charge in [-0.3, -0.25) is 9.59 Å². The van der Waals surface area contributed by atoms with E-state index in [9.17, 15) is 18.0 Å². The summed E-state index contributed by atoms with van der Waals surface area (Å²) in [5.41, 5.74) is 5.70. The lowest BCUT2D eigenvalue weighted by molar-refractivity contribution is 0.100. The van der Waals surface area contributed by atoms with E-state index < -0.39 is 21.7 Å². The number of primary amides is 1. The summed E-state index contributed by atoms with van der Waals surface area (Å²) in [6.45, 7) is 1.75. The highest BCUT2D eigenvalue weighted by molar-refractivity contribution is 7.91. The van der Waals surface area contributed by atoms with E-state index in [2.05, 4.69) is 5.32 Å². The van der Waals surface area contributed by atoms with E-state index in [-0.39, 0.29) is 27.5 Å². The molecule has 0 atom stereocenters. The largest absolute Gasteiger partial charge is 0.366 e. The van der Waals surface area contributed by atoms with Crippen molar-refractivity contribution in [2.45, 2.75) is 18.2 Å². The highest BCUT2D eigenvalue weighted by Gasteiger charge is 2.22.